The SMILES string of the molecule is C[C@H](Sc1nc2sc3c(c2c(=O)n1C[C@@H]1CCCO1)CCC3)C(=O)NC[C@@H]1CCCO1. The number of nitrogens with one attached hydrogen (secondary N) is 1. The second-order valence-electron chi connectivity index (χ2n) is 8.62. The summed E-state index contributed by atoms with van der Waals surface area (Å²) in [5.74, 6) is -0.0489. The van der Waals surface area contributed by atoms with Crippen molar-refractivity contribution in [3.63, 3.8) is 0 Å². The molecular weight excluding hydrogens is 434 g/mol. The molecule has 0 unspecified atom stereocenters. The molecule has 0 spiro atoms. The van der Waals surface area contributed by atoms with Crippen LogP contribution in [0.1, 0.15) is 49.5 Å². The highest BCUT2D eigenvalue weighted by molar-refractivity contribution is 8.00. The van der Waals surface area contributed by atoms with Gasteiger partial charge in [-0.25, -0.2) is 4.98 Å². The summed E-state index contributed by atoms with van der Waals surface area (Å²) in [5, 5.41) is 4.05. The minimum Gasteiger partial charge on any atom is -0.376 e. The van der Waals surface area contributed by atoms with Gasteiger partial charge in [-0.2, -0.15) is 0 Å². The first kappa shape index (κ1) is 21.4. The fraction of sp³-hybridized carbons (Fsp3) is 0.682. The Bertz CT molecular complexity index is 1020. The lowest BCUT2D eigenvalue weighted by Gasteiger charge is -2.18. The molecule has 1 N–H and O–H groups in total. The van der Waals surface area contributed by atoms with Gasteiger partial charge in [0.1, 0.15) is 4.83 Å². The fourth-order valence-corrected chi connectivity index (χ4v) is 6.92. The first-order valence-corrected chi connectivity index (χ1v) is 13.0. The molecule has 168 valence electrons. The third-order valence-corrected chi connectivity index (χ3v) is 8.66. The minimum absolute atomic E-state index is 0.0226. The molecule has 31 heavy (non-hydrogen) atoms. The molecule has 1 aliphatic carbocycles. The van der Waals surface area contributed by atoms with E-state index in [1.165, 1.54) is 22.2 Å². The van der Waals surface area contributed by atoms with Crippen molar-refractivity contribution in [1.82, 2.24) is 14.9 Å². The van der Waals surface area contributed by atoms with Gasteiger partial charge in [-0.15, -0.1) is 11.3 Å². The van der Waals surface area contributed by atoms with E-state index in [0.29, 0.717) is 18.2 Å². The molecule has 5 rings (SSSR count). The maximum atomic E-state index is 13.6. The van der Waals surface area contributed by atoms with Crippen molar-refractivity contribution in [3.8, 4) is 0 Å². The summed E-state index contributed by atoms with van der Waals surface area (Å²) in [7, 11) is 0. The Balaban J connectivity index is 1.40. The number of ether oxygens (including phenoxy) is 2. The fourth-order valence-electron chi connectivity index (χ4n) is 4.68. The number of fused-ring (bicyclic) bond motifs is 3. The van der Waals surface area contributed by atoms with E-state index >= 15 is 0 Å². The quantitative estimate of drug-likeness (QED) is 0.502. The zero-order valence-electron chi connectivity index (χ0n) is 17.9. The van der Waals surface area contributed by atoms with E-state index in [1.807, 2.05) is 6.92 Å². The van der Waals surface area contributed by atoms with Crippen molar-refractivity contribution in [2.75, 3.05) is 19.8 Å². The Labute approximate surface area is 189 Å². The highest BCUT2D eigenvalue weighted by Gasteiger charge is 2.27. The third-order valence-electron chi connectivity index (χ3n) is 6.38. The largest absolute Gasteiger partial charge is 0.376 e. The van der Waals surface area contributed by atoms with E-state index in [2.05, 4.69) is 5.32 Å². The van der Waals surface area contributed by atoms with E-state index in [-0.39, 0.29) is 28.9 Å². The number of amides is 1. The van der Waals surface area contributed by atoms with Crippen molar-refractivity contribution >= 4 is 39.2 Å². The van der Waals surface area contributed by atoms with Gasteiger partial charge in [0.25, 0.3) is 5.56 Å². The highest BCUT2D eigenvalue weighted by atomic mass is 32.2. The number of rotatable bonds is 7. The van der Waals surface area contributed by atoms with Gasteiger partial charge in [-0.05, 0) is 57.4 Å². The summed E-state index contributed by atoms with van der Waals surface area (Å²) in [6.07, 6.45) is 7.27. The summed E-state index contributed by atoms with van der Waals surface area (Å²) < 4.78 is 13.2. The summed E-state index contributed by atoms with van der Waals surface area (Å²) in [5.41, 5.74) is 1.21. The van der Waals surface area contributed by atoms with Crippen LogP contribution in [0, 0.1) is 0 Å². The second kappa shape index (κ2) is 9.21. The summed E-state index contributed by atoms with van der Waals surface area (Å²) in [6.45, 7) is 4.43. The van der Waals surface area contributed by atoms with Gasteiger partial charge in [0.2, 0.25) is 5.91 Å². The van der Waals surface area contributed by atoms with Crippen molar-refractivity contribution in [2.24, 2.45) is 0 Å². The molecule has 2 fully saturated rings. The van der Waals surface area contributed by atoms with Crippen LogP contribution in [0.25, 0.3) is 10.2 Å². The van der Waals surface area contributed by atoms with Crippen LogP contribution in [0.2, 0.25) is 0 Å². The molecule has 0 bridgehead atoms. The number of carbonyl (C=O) groups excluding carboxylic acids is 1. The molecule has 2 aromatic heterocycles. The minimum atomic E-state index is -0.353. The molecule has 2 aromatic rings. The van der Waals surface area contributed by atoms with E-state index in [0.717, 1.165) is 68.4 Å². The van der Waals surface area contributed by atoms with Crippen LogP contribution in [-0.4, -0.2) is 52.7 Å². The number of hydrogen-bond donors (Lipinski definition) is 1. The van der Waals surface area contributed by atoms with Crippen LogP contribution in [0.5, 0.6) is 0 Å². The molecule has 1 amide bonds. The van der Waals surface area contributed by atoms with Crippen LogP contribution in [-0.2, 0) is 33.7 Å². The van der Waals surface area contributed by atoms with Crippen molar-refractivity contribution < 1.29 is 14.3 Å². The molecule has 0 radical (unpaired) electrons. The molecule has 2 saturated heterocycles. The van der Waals surface area contributed by atoms with Crippen molar-refractivity contribution in [1.29, 1.82) is 0 Å². The van der Waals surface area contributed by atoms with Crippen LogP contribution in [0.3, 0.4) is 0 Å². The van der Waals surface area contributed by atoms with Gasteiger partial charge in [0, 0.05) is 24.6 Å². The van der Waals surface area contributed by atoms with E-state index in [9.17, 15) is 9.59 Å². The lowest BCUT2D eigenvalue weighted by Crippen LogP contribution is -2.37. The molecule has 7 nitrogen and oxygen atoms in total. The number of carbonyl (C=O) groups is 1. The number of aromatic nitrogens is 2. The topological polar surface area (TPSA) is 82.5 Å². The summed E-state index contributed by atoms with van der Waals surface area (Å²) in [4.78, 5) is 33.2. The number of hydrogen-bond acceptors (Lipinski definition) is 7. The van der Waals surface area contributed by atoms with Crippen LogP contribution < -0.4 is 10.9 Å². The van der Waals surface area contributed by atoms with Gasteiger partial charge >= 0.3 is 0 Å². The Kier molecular flexibility index (Phi) is 6.37. The maximum absolute atomic E-state index is 13.6. The molecule has 2 aliphatic heterocycles. The van der Waals surface area contributed by atoms with E-state index in [1.54, 1.807) is 15.9 Å². The Morgan fingerprint density at radius 1 is 1.23 bits per heavy atom. The molecule has 3 atom stereocenters. The van der Waals surface area contributed by atoms with Gasteiger partial charge in [0.15, 0.2) is 5.16 Å². The van der Waals surface area contributed by atoms with E-state index in [4.69, 9.17) is 14.5 Å². The highest BCUT2D eigenvalue weighted by Crippen LogP contribution is 2.36. The monoisotopic (exact) mass is 463 g/mol. The number of aryl methyl sites for hydroxylation is 2. The Hall–Kier alpha value is -1.42. The summed E-state index contributed by atoms with van der Waals surface area (Å²) >= 11 is 3.01. The number of nitrogens with zero attached hydrogens (tertiary/aromatic N) is 2. The molecule has 0 saturated carbocycles. The lowest BCUT2D eigenvalue weighted by molar-refractivity contribution is -0.120. The van der Waals surface area contributed by atoms with Gasteiger partial charge < -0.3 is 14.8 Å². The average Bonchev–Trinajstić information content (AvgIpc) is 3.54. The van der Waals surface area contributed by atoms with Crippen molar-refractivity contribution in [2.45, 2.75) is 81.0 Å². The van der Waals surface area contributed by atoms with Crippen LogP contribution in [0.15, 0.2) is 9.95 Å². The lowest BCUT2D eigenvalue weighted by atomic mass is 10.2. The zero-order valence-corrected chi connectivity index (χ0v) is 19.5. The van der Waals surface area contributed by atoms with Crippen LogP contribution in [0.4, 0.5) is 0 Å². The first-order valence-electron chi connectivity index (χ1n) is 11.3. The summed E-state index contributed by atoms with van der Waals surface area (Å²) in [6, 6.07) is 0. The Morgan fingerprint density at radius 3 is 2.74 bits per heavy atom. The average molecular weight is 464 g/mol. The number of thiophene rings is 1. The maximum Gasteiger partial charge on any atom is 0.263 e. The van der Waals surface area contributed by atoms with Crippen molar-refractivity contribution in [3.05, 3.63) is 20.8 Å². The predicted molar refractivity (Wildman–Crippen MR) is 122 cm³/mol. The number of thioether (sulfide) groups is 1. The predicted octanol–water partition coefficient (Wildman–Crippen LogP) is 2.90. The molecule has 3 aliphatic rings. The normalized spacial score (nSPS) is 24.0. The van der Waals surface area contributed by atoms with E-state index < -0.39 is 0 Å². The Morgan fingerprint density at radius 2 is 2.00 bits per heavy atom. The first-order chi connectivity index (χ1) is 15.1. The smallest absolute Gasteiger partial charge is 0.263 e. The zero-order chi connectivity index (χ0) is 21.4. The molecule has 0 aromatic carbocycles. The molecular formula is C22H29N3O4S2. The third kappa shape index (κ3) is 4.42. The molecule has 4 heterocycles. The molecule has 9 heteroatoms. The van der Waals surface area contributed by atoms with Gasteiger partial charge in [-0.1, -0.05) is 11.8 Å². The van der Waals surface area contributed by atoms with Crippen LogP contribution >= 0.6 is 23.1 Å². The van der Waals surface area contributed by atoms with Gasteiger partial charge in [0.05, 0.1) is 29.4 Å². The standard InChI is InChI=1S/C22H29N3O4S2/c1-13(19(26)23-11-14-5-3-9-28-14)30-22-24-20-18(16-7-2-8-17(16)31-20)21(27)25(22)12-15-6-4-10-29-15/h13-15H,2-12H2,1H3,(H,23,26)/t13-,14-,15-/m0/s1. The van der Waals surface area contributed by atoms with Gasteiger partial charge in [-0.3, -0.25) is 14.2 Å². The second-order valence-corrected chi connectivity index (χ2v) is 11.0.